The molecule has 0 spiro atoms. The second kappa shape index (κ2) is 7.36. The van der Waals surface area contributed by atoms with E-state index in [2.05, 4.69) is 15.5 Å². The first kappa shape index (κ1) is 15.7. The van der Waals surface area contributed by atoms with Gasteiger partial charge >= 0.3 is 5.97 Å². The van der Waals surface area contributed by atoms with Gasteiger partial charge in [-0.15, -0.1) is 5.10 Å². The summed E-state index contributed by atoms with van der Waals surface area (Å²) in [4.78, 5) is 11.6. The molecule has 0 aromatic carbocycles. The second-order valence-corrected chi connectivity index (χ2v) is 5.23. The van der Waals surface area contributed by atoms with Crippen molar-refractivity contribution >= 4 is 11.8 Å². The Morgan fingerprint density at radius 2 is 2.14 bits per heavy atom. The fraction of sp³-hybridized carbons (Fsp3) is 0.667. The number of hydrogen-bond donors (Lipinski definition) is 2. The average molecular weight is 293 g/mol. The zero-order chi connectivity index (χ0) is 15.2. The van der Waals surface area contributed by atoms with Crippen molar-refractivity contribution in [3.63, 3.8) is 0 Å². The molecule has 1 fully saturated rings. The summed E-state index contributed by atoms with van der Waals surface area (Å²) in [6, 6.07) is 0. The Morgan fingerprint density at radius 1 is 1.33 bits per heavy atom. The number of aromatic nitrogens is 2. The van der Waals surface area contributed by atoms with Crippen molar-refractivity contribution in [1.82, 2.24) is 10.2 Å². The highest BCUT2D eigenvalue weighted by Gasteiger charge is 2.21. The summed E-state index contributed by atoms with van der Waals surface area (Å²) < 4.78 is 5.64. The molecule has 1 saturated heterocycles. The van der Waals surface area contributed by atoms with Crippen LogP contribution in [0.15, 0.2) is 0 Å². The van der Waals surface area contributed by atoms with Gasteiger partial charge in [-0.2, -0.15) is 5.10 Å². The Bertz CT molecular complexity index is 499. The highest BCUT2D eigenvalue weighted by molar-refractivity contribution is 5.95. The van der Waals surface area contributed by atoms with Gasteiger partial charge in [-0.25, -0.2) is 4.79 Å². The van der Waals surface area contributed by atoms with E-state index in [1.165, 1.54) is 0 Å². The van der Waals surface area contributed by atoms with Crippen LogP contribution in [0.5, 0.6) is 0 Å². The Morgan fingerprint density at radius 3 is 2.71 bits per heavy atom. The van der Waals surface area contributed by atoms with E-state index in [0.29, 0.717) is 25.2 Å². The SMILES string of the molecule is CCc1nnc(NCC2CCCCO2)c(C(=O)O)c1CC. The molecule has 116 valence electrons. The van der Waals surface area contributed by atoms with Crippen LogP contribution in [0, 0.1) is 0 Å². The molecule has 1 atom stereocenters. The molecule has 1 aliphatic heterocycles. The number of hydrogen-bond acceptors (Lipinski definition) is 5. The Balaban J connectivity index is 2.19. The van der Waals surface area contributed by atoms with E-state index in [-0.39, 0.29) is 11.7 Å². The lowest BCUT2D eigenvalue weighted by atomic mass is 10.0. The van der Waals surface area contributed by atoms with E-state index in [0.717, 1.165) is 37.1 Å². The van der Waals surface area contributed by atoms with Gasteiger partial charge in [0.25, 0.3) is 0 Å². The average Bonchev–Trinajstić information content (AvgIpc) is 2.52. The number of rotatable bonds is 6. The van der Waals surface area contributed by atoms with Crippen molar-refractivity contribution in [1.29, 1.82) is 0 Å². The monoisotopic (exact) mass is 293 g/mol. The summed E-state index contributed by atoms with van der Waals surface area (Å²) in [6.07, 6.45) is 4.69. The second-order valence-electron chi connectivity index (χ2n) is 5.23. The first-order valence-corrected chi connectivity index (χ1v) is 7.64. The zero-order valence-corrected chi connectivity index (χ0v) is 12.7. The summed E-state index contributed by atoms with van der Waals surface area (Å²) in [5.74, 6) is -0.603. The molecule has 0 saturated carbocycles. The number of aryl methyl sites for hydroxylation is 1. The molecule has 1 aromatic rings. The third-order valence-electron chi connectivity index (χ3n) is 3.83. The number of ether oxygens (including phenoxy) is 1. The number of carboxylic acids is 1. The summed E-state index contributed by atoms with van der Waals surface area (Å²) in [7, 11) is 0. The molecule has 1 aliphatic rings. The highest BCUT2D eigenvalue weighted by atomic mass is 16.5. The maximum absolute atomic E-state index is 11.6. The standard InChI is InChI=1S/C15H23N3O3/c1-3-11-12(4-2)17-18-14(13(11)15(19)20)16-9-10-7-5-6-8-21-10/h10H,3-9H2,1-2H3,(H,16,18)(H,19,20). The predicted octanol–water partition coefficient (Wildman–Crippen LogP) is 2.28. The third-order valence-corrected chi connectivity index (χ3v) is 3.83. The van der Waals surface area contributed by atoms with Crippen molar-refractivity contribution in [3.05, 3.63) is 16.8 Å². The molecular weight excluding hydrogens is 270 g/mol. The molecule has 21 heavy (non-hydrogen) atoms. The molecule has 2 heterocycles. The normalized spacial score (nSPS) is 18.5. The van der Waals surface area contributed by atoms with Crippen molar-refractivity contribution in [3.8, 4) is 0 Å². The lowest BCUT2D eigenvalue weighted by Crippen LogP contribution is -2.28. The van der Waals surface area contributed by atoms with Crippen LogP contribution in [0.3, 0.4) is 0 Å². The van der Waals surface area contributed by atoms with Gasteiger partial charge in [0.05, 0.1) is 11.8 Å². The summed E-state index contributed by atoms with van der Waals surface area (Å²) in [6.45, 7) is 5.25. The number of nitrogens with one attached hydrogen (secondary N) is 1. The van der Waals surface area contributed by atoms with Crippen molar-refractivity contribution in [2.75, 3.05) is 18.5 Å². The summed E-state index contributed by atoms with van der Waals surface area (Å²) >= 11 is 0. The number of anilines is 1. The first-order valence-electron chi connectivity index (χ1n) is 7.64. The fourth-order valence-corrected chi connectivity index (χ4v) is 2.71. The van der Waals surface area contributed by atoms with E-state index in [4.69, 9.17) is 4.74 Å². The lowest BCUT2D eigenvalue weighted by Gasteiger charge is -2.23. The van der Waals surface area contributed by atoms with Crippen LogP contribution in [0.4, 0.5) is 5.82 Å². The molecule has 2 rings (SSSR count). The van der Waals surface area contributed by atoms with E-state index < -0.39 is 5.97 Å². The maximum Gasteiger partial charge on any atom is 0.339 e. The van der Waals surface area contributed by atoms with Crippen molar-refractivity contribution in [2.24, 2.45) is 0 Å². The van der Waals surface area contributed by atoms with Crippen LogP contribution in [0.1, 0.15) is 54.7 Å². The van der Waals surface area contributed by atoms with E-state index in [1.807, 2.05) is 13.8 Å². The van der Waals surface area contributed by atoms with E-state index >= 15 is 0 Å². The predicted molar refractivity (Wildman–Crippen MR) is 79.8 cm³/mol. The third kappa shape index (κ3) is 3.69. The minimum Gasteiger partial charge on any atom is -0.478 e. The Hall–Kier alpha value is -1.69. The molecule has 0 aliphatic carbocycles. The largest absolute Gasteiger partial charge is 0.478 e. The molecule has 6 nitrogen and oxygen atoms in total. The quantitative estimate of drug-likeness (QED) is 0.837. The number of nitrogens with zero attached hydrogens (tertiary/aromatic N) is 2. The van der Waals surface area contributed by atoms with Crippen LogP contribution in [-0.4, -0.2) is 40.5 Å². The van der Waals surface area contributed by atoms with Gasteiger partial charge in [-0.1, -0.05) is 13.8 Å². The van der Waals surface area contributed by atoms with Gasteiger partial charge in [0.2, 0.25) is 0 Å². The van der Waals surface area contributed by atoms with Gasteiger partial charge in [0.1, 0.15) is 5.56 Å². The Kier molecular flexibility index (Phi) is 5.50. The lowest BCUT2D eigenvalue weighted by molar-refractivity contribution is 0.0246. The summed E-state index contributed by atoms with van der Waals surface area (Å²) in [5, 5.41) is 20.8. The van der Waals surface area contributed by atoms with Crippen LogP contribution < -0.4 is 5.32 Å². The van der Waals surface area contributed by atoms with Gasteiger partial charge < -0.3 is 15.2 Å². The van der Waals surface area contributed by atoms with Crippen molar-refractivity contribution < 1.29 is 14.6 Å². The minimum absolute atomic E-state index is 0.123. The van der Waals surface area contributed by atoms with Crippen LogP contribution in [0.25, 0.3) is 0 Å². The molecule has 0 bridgehead atoms. The summed E-state index contributed by atoms with van der Waals surface area (Å²) in [5.41, 5.74) is 1.78. The number of aromatic carboxylic acids is 1. The minimum atomic E-state index is -0.955. The molecule has 0 amide bonds. The Labute approximate surface area is 124 Å². The van der Waals surface area contributed by atoms with Crippen molar-refractivity contribution in [2.45, 2.75) is 52.1 Å². The molecule has 6 heteroatoms. The van der Waals surface area contributed by atoms with E-state index in [9.17, 15) is 9.90 Å². The topological polar surface area (TPSA) is 84.3 Å². The number of carbonyl (C=O) groups is 1. The molecule has 1 unspecified atom stereocenters. The number of carboxylic acid groups (broad SMARTS) is 1. The first-order chi connectivity index (χ1) is 10.2. The molecule has 0 radical (unpaired) electrons. The van der Waals surface area contributed by atoms with Gasteiger partial charge in [-0.05, 0) is 37.7 Å². The fourth-order valence-electron chi connectivity index (χ4n) is 2.71. The van der Waals surface area contributed by atoms with Crippen LogP contribution in [0.2, 0.25) is 0 Å². The smallest absolute Gasteiger partial charge is 0.339 e. The zero-order valence-electron chi connectivity index (χ0n) is 12.7. The molecule has 2 N–H and O–H groups in total. The van der Waals surface area contributed by atoms with Gasteiger partial charge in [0.15, 0.2) is 5.82 Å². The van der Waals surface area contributed by atoms with Crippen LogP contribution in [-0.2, 0) is 17.6 Å². The van der Waals surface area contributed by atoms with E-state index in [1.54, 1.807) is 0 Å². The van der Waals surface area contributed by atoms with Gasteiger partial charge in [0, 0.05) is 13.2 Å². The molecule has 1 aromatic heterocycles. The maximum atomic E-state index is 11.6. The van der Waals surface area contributed by atoms with Crippen LogP contribution >= 0.6 is 0 Å². The van der Waals surface area contributed by atoms with Gasteiger partial charge in [-0.3, -0.25) is 0 Å². The molecular formula is C15H23N3O3. The highest BCUT2D eigenvalue weighted by Crippen LogP contribution is 2.22.